The number of rotatable bonds is 3. The summed E-state index contributed by atoms with van der Waals surface area (Å²) >= 11 is 0. The second-order valence-electron chi connectivity index (χ2n) is 3.65. The molecule has 0 radical (unpaired) electrons. The van der Waals surface area contributed by atoms with Crippen molar-refractivity contribution >= 4 is 5.69 Å². The van der Waals surface area contributed by atoms with Gasteiger partial charge in [0, 0.05) is 18.9 Å². The van der Waals surface area contributed by atoms with Crippen molar-refractivity contribution in [2.45, 2.75) is 6.54 Å². The lowest BCUT2D eigenvalue weighted by Crippen LogP contribution is -2.31. The first-order valence-electron chi connectivity index (χ1n) is 5.22. The topological polar surface area (TPSA) is 79.8 Å². The van der Waals surface area contributed by atoms with Gasteiger partial charge in [0.25, 0.3) is 5.56 Å². The molecule has 0 fully saturated rings. The van der Waals surface area contributed by atoms with Gasteiger partial charge in [-0.1, -0.05) is 0 Å². The normalized spacial score (nSPS) is 10.3. The predicted octanol–water partition coefficient (Wildman–Crippen LogP) is 0.161. The van der Waals surface area contributed by atoms with Crippen molar-refractivity contribution in [2.24, 2.45) is 0 Å². The van der Waals surface area contributed by atoms with E-state index in [0.29, 0.717) is 5.69 Å². The number of aromatic nitrogens is 3. The van der Waals surface area contributed by atoms with Gasteiger partial charge in [-0.15, -0.1) is 0 Å². The fourth-order valence-corrected chi connectivity index (χ4v) is 1.49. The number of halogens is 1. The molecule has 0 bridgehead atoms. The molecule has 0 aliphatic carbocycles. The lowest BCUT2D eigenvalue weighted by Gasteiger charge is -2.06. The molecule has 0 aromatic carbocycles. The van der Waals surface area contributed by atoms with Gasteiger partial charge in [-0.05, 0) is 12.1 Å². The summed E-state index contributed by atoms with van der Waals surface area (Å²) in [5.74, 6) is -1.00. The molecule has 2 aromatic heterocycles. The Morgan fingerprint density at radius 2 is 2.28 bits per heavy atom. The summed E-state index contributed by atoms with van der Waals surface area (Å²) in [6.45, 7) is 0.0854. The lowest BCUT2D eigenvalue weighted by molar-refractivity contribution is 0.564. The van der Waals surface area contributed by atoms with Crippen LogP contribution in [-0.2, 0) is 6.54 Å². The highest BCUT2D eigenvalue weighted by Crippen LogP contribution is 2.07. The molecule has 7 heteroatoms. The van der Waals surface area contributed by atoms with Crippen LogP contribution in [0.25, 0.3) is 0 Å². The molecule has 2 N–H and O–H groups in total. The van der Waals surface area contributed by atoms with Gasteiger partial charge in [0.05, 0.1) is 18.4 Å². The molecule has 0 unspecified atom stereocenters. The van der Waals surface area contributed by atoms with E-state index in [1.54, 1.807) is 25.4 Å². The molecule has 0 spiro atoms. The SMILES string of the molecule is CNc1ccnc(Cn2cc(F)c(=O)[nH]c2=O)c1. The zero-order chi connectivity index (χ0) is 13.1. The number of nitrogens with one attached hydrogen (secondary N) is 2. The molecule has 0 saturated carbocycles. The molecule has 6 nitrogen and oxygen atoms in total. The van der Waals surface area contributed by atoms with Crippen molar-refractivity contribution in [1.29, 1.82) is 0 Å². The van der Waals surface area contributed by atoms with Gasteiger partial charge in [0.15, 0.2) is 0 Å². The Balaban J connectivity index is 2.36. The predicted molar refractivity (Wildman–Crippen MR) is 64.2 cm³/mol. The molecule has 2 heterocycles. The van der Waals surface area contributed by atoms with Gasteiger partial charge >= 0.3 is 5.69 Å². The number of aromatic amines is 1. The highest BCUT2D eigenvalue weighted by atomic mass is 19.1. The van der Waals surface area contributed by atoms with E-state index in [0.717, 1.165) is 16.5 Å². The number of pyridine rings is 1. The minimum atomic E-state index is -1.02. The smallest absolute Gasteiger partial charge is 0.328 e. The third kappa shape index (κ3) is 2.45. The van der Waals surface area contributed by atoms with Crippen LogP contribution in [0.5, 0.6) is 0 Å². The average Bonchev–Trinajstić information content (AvgIpc) is 2.36. The first-order valence-corrected chi connectivity index (χ1v) is 5.22. The zero-order valence-electron chi connectivity index (χ0n) is 9.61. The van der Waals surface area contributed by atoms with Gasteiger partial charge in [-0.3, -0.25) is 19.3 Å². The Bertz CT molecular complexity index is 677. The van der Waals surface area contributed by atoms with E-state index in [-0.39, 0.29) is 6.54 Å². The third-order valence-electron chi connectivity index (χ3n) is 2.41. The summed E-state index contributed by atoms with van der Waals surface area (Å²) in [7, 11) is 1.75. The standard InChI is InChI=1S/C11H11FN4O2/c1-13-7-2-3-14-8(4-7)5-16-6-9(12)10(17)15-11(16)18/h2-4,6H,5H2,1H3,(H,13,14)(H,15,17,18). The Morgan fingerprint density at radius 1 is 1.50 bits per heavy atom. The molecule has 0 aliphatic rings. The summed E-state index contributed by atoms with van der Waals surface area (Å²) in [6.07, 6.45) is 2.45. The van der Waals surface area contributed by atoms with Crippen LogP contribution < -0.4 is 16.6 Å². The first-order chi connectivity index (χ1) is 8.60. The average molecular weight is 250 g/mol. The zero-order valence-corrected chi connectivity index (χ0v) is 9.61. The minimum Gasteiger partial charge on any atom is -0.388 e. The van der Waals surface area contributed by atoms with Crippen molar-refractivity contribution in [1.82, 2.24) is 14.5 Å². The first kappa shape index (κ1) is 12.0. The highest BCUT2D eigenvalue weighted by molar-refractivity contribution is 5.42. The monoisotopic (exact) mass is 250 g/mol. The summed E-state index contributed by atoms with van der Waals surface area (Å²) in [5.41, 5.74) is -0.278. The molecule has 2 rings (SSSR count). The Hall–Kier alpha value is -2.44. The van der Waals surface area contributed by atoms with Gasteiger partial charge in [-0.25, -0.2) is 4.79 Å². The lowest BCUT2D eigenvalue weighted by atomic mass is 10.3. The molecule has 0 atom stereocenters. The van der Waals surface area contributed by atoms with Crippen molar-refractivity contribution < 1.29 is 4.39 Å². The van der Waals surface area contributed by atoms with Gasteiger partial charge < -0.3 is 5.32 Å². The maximum Gasteiger partial charge on any atom is 0.328 e. The van der Waals surface area contributed by atoms with Crippen molar-refractivity contribution in [3.63, 3.8) is 0 Å². The van der Waals surface area contributed by atoms with E-state index in [9.17, 15) is 14.0 Å². The Kier molecular flexibility index (Phi) is 3.22. The van der Waals surface area contributed by atoms with E-state index in [1.807, 2.05) is 4.98 Å². The maximum absolute atomic E-state index is 13.1. The Labute approximate surface area is 101 Å². The summed E-state index contributed by atoms with van der Waals surface area (Å²) < 4.78 is 14.1. The number of hydrogen-bond donors (Lipinski definition) is 2. The molecule has 0 aliphatic heterocycles. The van der Waals surface area contributed by atoms with E-state index in [1.165, 1.54) is 0 Å². The largest absolute Gasteiger partial charge is 0.388 e. The molecule has 2 aromatic rings. The number of nitrogens with zero attached hydrogens (tertiary/aromatic N) is 2. The molecular weight excluding hydrogens is 239 g/mol. The molecule has 0 saturated heterocycles. The van der Waals surface area contributed by atoms with Crippen LogP contribution in [0, 0.1) is 5.82 Å². The summed E-state index contributed by atoms with van der Waals surface area (Å²) in [5, 5.41) is 2.93. The number of H-pyrrole nitrogens is 1. The van der Waals surface area contributed by atoms with Crippen LogP contribution in [-0.4, -0.2) is 21.6 Å². The van der Waals surface area contributed by atoms with Crippen LogP contribution in [0.2, 0.25) is 0 Å². The summed E-state index contributed by atoms with van der Waals surface area (Å²) in [6, 6.07) is 3.50. The third-order valence-corrected chi connectivity index (χ3v) is 2.41. The van der Waals surface area contributed by atoms with E-state index in [4.69, 9.17) is 0 Å². The number of hydrogen-bond acceptors (Lipinski definition) is 4. The van der Waals surface area contributed by atoms with Gasteiger partial charge in [0.1, 0.15) is 0 Å². The van der Waals surface area contributed by atoms with Gasteiger partial charge in [0.2, 0.25) is 5.82 Å². The van der Waals surface area contributed by atoms with Crippen molar-refractivity contribution in [3.05, 3.63) is 56.9 Å². The van der Waals surface area contributed by atoms with E-state index >= 15 is 0 Å². The van der Waals surface area contributed by atoms with Crippen LogP contribution in [0.4, 0.5) is 10.1 Å². The van der Waals surface area contributed by atoms with E-state index in [2.05, 4.69) is 10.3 Å². The molecule has 0 amide bonds. The fourth-order valence-electron chi connectivity index (χ4n) is 1.49. The van der Waals surface area contributed by atoms with Gasteiger partial charge in [-0.2, -0.15) is 4.39 Å². The second kappa shape index (κ2) is 4.82. The quantitative estimate of drug-likeness (QED) is 0.813. The van der Waals surface area contributed by atoms with Crippen LogP contribution >= 0.6 is 0 Å². The van der Waals surface area contributed by atoms with E-state index < -0.39 is 17.1 Å². The van der Waals surface area contributed by atoms with Crippen LogP contribution in [0.15, 0.2) is 34.1 Å². The number of anilines is 1. The van der Waals surface area contributed by atoms with Crippen LogP contribution in [0.3, 0.4) is 0 Å². The summed E-state index contributed by atoms with van der Waals surface area (Å²) in [4.78, 5) is 28.3. The Morgan fingerprint density at radius 3 is 3.00 bits per heavy atom. The molecule has 18 heavy (non-hydrogen) atoms. The fraction of sp³-hybridized carbons (Fsp3) is 0.182. The maximum atomic E-state index is 13.1. The van der Waals surface area contributed by atoms with Crippen LogP contribution in [0.1, 0.15) is 5.69 Å². The van der Waals surface area contributed by atoms with Crippen molar-refractivity contribution in [3.8, 4) is 0 Å². The molecular formula is C11H11FN4O2. The highest BCUT2D eigenvalue weighted by Gasteiger charge is 2.05. The minimum absolute atomic E-state index is 0.0854. The molecule has 94 valence electrons. The second-order valence-corrected chi connectivity index (χ2v) is 3.65. The van der Waals surface area contributed by atoms with Crippen molar-refractivity contribution in [2.75, 3.05) is 12.4 Å².